The molecule has 0 saturated carbocycles. The fourth-order valence-corrected chi connectivity index (χ4v) is 2.57. The van der Waals surface area contributed by atoms with E-state index in [1.807, 2.05) is 0 Å². The molecule has 2 rings (SSSR count). The lowest BCUT2D eigenvalue weighted by Crippen LogP contribution is -2.39. The highest BCUT2D eigenvalue weighted by atomic mass is 16.1. The number of hydrogen-bond acceptors (Lipinski definition) is 5. The number of piperidine rings is 1. The van der Waals surface area contributed by atoms with Gasteiger partial charge in [0.2, 0.25) is 0 Å². The summed E-state index contributed by atoms with van der Waals surface area (Å²) in [5, 5.41) is 14.1. The fraction of sp³-hybridized carbons (Fsp3) is 0.667. The summed E-state index contributed by atoms with van der Waals surface area (Å²) < 4.78 is 0. The van der Waals surface area contributed by atoms with E-state index in [0.717, 1.165) is 26.1 Å². The van der Waals surface area contributed by atoms with Crippen LogP contribution < -0.4 is 10.6 Å². The van der Waals surface area contributed by atoms with Crippen molar-refractivity contribution in [3.63, 3.8) is 0 Å². The maximum Gasteiger partial charge on any atom is 0.271 e. The number of nitrogens with one attached hydrogen (secondary N) is 2. The lowest BCUT2D eigenvalue weighted by molar-refractivity contribution is 0.0931. The third-order valence-corrected chi connectivity index (χ3v) is 3.73. The topological polar surface area (TPSA) is 70.2 Å². The largest absolute Gasteiger partial charge is 0.369 e. The Morgan fingerprint density at radius 3 is 2.95 bits per heavy atom. The summed E-state index contributed by atoms with van der Waals surface area (Å²) in [6, 6.07) is 3.51. The lowest BCUT2D eigenvalue weighted by Gasteiger charge is -2.29. The van der Waals surface area contributed by atoms with Crippen molar-refractivity contribution in [2.75, 3.05) is 38.5 Å². The molecular formula is C15H25N5O. The Hall–Kier alpha value is -1.69. The van der Waals surface area contributed by atoms with Gasteiger partial charge in [0, 0.05) is 19.6 Å². The summed E-state index contributed by atoms with van der Waals surface area (Å²) >= 11 is 0. The van der Waals surface area contributed by atoms with Crippen LogP contribution in [-0.2, 0) is 0 Å². The minimum atomic E-state index is -0.141. The Kier molecular flexibility index (Phi) is 5.92. The number of amides is 1. The predicted octanol–water partition coefficient (Wildman–Crippen LogP) is 1.37. The summed E-state index contributed by atoms with van der Waals surface area (Å²) in [6.07, 6.45) is 3.41. The van der Waals surface area contributed by atoms with Gasteiger partial charge < -0.3 is 15.5 Å². The van der Waals surface area contributed by atoms with Gasteiger partial charge in [0.1, 0.15) is 5.82 Å². The smallest absolute Gasteiger partial charge is 0.271 e. The molecule has 2 N–H and O–H groups in total. The average Bonchev–Trinajstić information content (AvgIpc) is 2.51. The number of nitrogens with zero attached hydrogens (tertiary/aromatic N) is 3. The molecule has 2 heterocycles. The maximum atomic E-state index is 12.0. The van der Waals surface area contributed by atoms with E-state index in [1.165, 1.54) is 12.8 Å². The van der Waals surface area contributed by atoms with Crippen LogP contribution in [0.4, 0.5) is 5.82 Å². The van der Waals surface area contributed by atoms with Crippen LogP contribution in [0.1, 0.15) is 36.7 Å². The average molecular weight is 291 g/mol. The molecule has 1 aliphatic rings. The molecule has 0 aliphatic carbocycles. The number of aromatic nitrogens is 2. The van der Waals surface area contributed by atoms with E-state index >= 15 is 0 Å². The summed E-state index contributed by atoms with van der Waals surface area (Å²) in [5.41, 5.74) is 0.376. The predicted molar refractivity (Wildman–Crippen MR) is 83.4 cm³/mol. The highest BCUT2D eigenvalue weighted by Crippen LogP contribution is 2.14. The number of carbonyl (C=O) groups is 1. The lowest BCUT2D eigenvalue weighted by atomic mass is 9.98. The molecular weight excluding hydrogens is 266 g/mol. The summed E-state index contributed by atoms with van der Waals surface area (Å²) in [6.45, 7) is 5.86. The fourth-order valence-electron chi connectivity index (χ4n) is 2.57. The molecule has 1 unspecified atom stereocenters. The van der Waals surface area contributed by atoms with Crippen LogP contribution in [0, 0.1) is 5.92 Å². The van der Waals surface area contributed by atoms with Gasteiger partial charge >= 0.3 is 0 Å². The van der Waals surface area contributed by atoms with E-state index in [-0.39, 0.29) is 5.91 Å². The molecule has 1 saturated heterocycles. The first-order valence-corrected chi connectivity index (χ1v) is 7.73. The summed E-state index contributed by atoms with van der Waals surface area (Å²) in [4.78, 5) is 14.4. The molecule has 0 bridgehead atoms. The molecule has 1 aliphatic heterocycles. The van der Waals surface area contributed by atoms with Crippen LogP contribution in [-0.4, -0.2) is 54.2 Å². The molecule has 0 aromatic carbocycles. The zero-order valence-corrected chi connectivity index (χ0v) is 12.9. The normalized spacial score (nSPS) is 19.2. The summed E-state index contributed by atoms with van der Waals surface area (Å²) in [7, 11) is 2.13. The molecule has 6 nitrogen and oxygen atoms in total. The number of rotatable bonds is 6. The first-order valence-electron chi connectivity index (χ1n) is 7.73. The zero-order chi connectivity index (χ0) is 15.1. The monoisotopic (exact) mass is 291 g/mol. The summed E-state index contributed by atoms with van der Waals surface area (Å²) in [5.74, 6) is 1.10. The molecule has 0 spiro atoms. The Bertz CT molecular complexity index is 448. The van der Waals surface area contributed by atoms with Crippen molar-refractivity contribution in [3.05, 3.63) is 17.8 Å². The number of anilines is 1. The Morgan fingerprint density at radius 1 is 1.43 bits per heavy atom. The van der Waals surface area contributed by atoms with Gasteiger partial charge in [0.25, 0.3) is 5.91 Å². The van der Waals surface area contributed by atoms with E-state index in [9.17, 15) is 4.79 Å². The van der Waals surface area contributed by atoms with Crippen molar-refractivity contribution < 1.29 is 4.79 Å². The second-order valence-electron chi connectivity index (χ2n) is 5.71. The molecule has 6 heteroatoms. The number of likely N-dealkylation sites (tertiary alicyclic amines) is 1. The van der Waals surface area contributed by atoms with Gasteiger partial charge in [-0.05, 0) is 50.9 Å². The van der Waals surface area contributed by atoms with Crippen LogP contribution in [0.25, 0.3) is 0 Å². The van der Waals surface area contributed by atoms with Crippen LogP contribution in [0.5, 0.6) is 0 Å². The Labute approximate surface area is 126 Å². The second kappa shape index (κ2) is 7.93. The van der Waals surface area contributed by atoms with Crippen molar-refractivity contribution in [2.24, 2.45) is 5.92 Å². The second-order valence-corrected chi connectivity index (χ2v) is 5.71. The minimum absolute atomic E-state index is 0.141. The maximum absolute atomic E-state index is 12.0. The Balaban J connectivity index is 1.79. The van der Waals surface area contributed by atoms with Gasteiger partial charge in [-0.2, -0.15) is 0 Å². The molecule has 21 heavy (non-hydrogen) atoms. The standard InChI is InChI=1S/C15H25N5O/c1-3-8-16-14-7-6-13(18-19-14)15(21)17-10-12-5-4-9-20(2)11-12/h6-7,12H,3-5,8-11H2,1-2H3,(H,16,19)(H,17,21). The molecule has 116 valence electrons. The van der Waals surface area contributed by atoms with Crippen LogP contribution in [0.3, 0.4) is 0 Å². The van der Waals surface area contributed by atoms with Crippen molar-refractivity contribution in [2.45, 2.75) is 26.2 Å². The van der Waals surface area contributed by atoms with Crippen molar-refractivity contribution in [1.29, 1.82) is 0 Å². The third-order valence-electron chi connectivity index (χ3n) is 3.73. The molecule has 1 aromatic rings. The number of hydrogen-bond donors (Lipinski definition) is 2. The highest BCUT2D eigenvalue weighted by molar-refractivity contribution is 5.92. The van der Waals surface area contributed by atoms with Gasteiger partial charge in [-0.15, -0.1) is 10.2 Å². The van der Waals surface area contributed by atoms with Gasteiger partial charge in [0.15, 0.2) is 5.69 Å². The van der Waals surface area contributed by atoms with Gasteiger partial charge in [0.05, 0.1) is 0 Å². The number of carbonyl (C=O) groups excluding carboxylic acids is 1. The molecule has 1 aromatic heterocycles. The van der Waals surface area contributed by atoms with Gasteiger partial charge in [-0.1, -0.05) is 6.92 Å². The van der Waals surface area contributed by atoms with Crippen LogP contribution in [0.2, 0.25) is 0 Å². The molecule has 0 radical (unpaired) electrons. The molecule has 1 amide bonds. The van der Waals surface area contributed by atoms with E-state index in [2.05, 4.69) is 39.7 Å². The van der Waals surface area contributed by atoms with Crippen molar-refractivity contribution in [3.8, 4) is 0 Å². The minimum Gasteiger partial charge on any atom is -0.369 e. The first kappa shape index (κ1) is 15.7. The first-order chi connectivity index (χ1) is 10.2. The molecule has 1 atom stereocenters. The van der Waals surface area contributed by atoms with E-state index in [1.54, 1.807) is 12.1 Å². The van der Waals surface area contributed by atoms with Gasteiger partial charge in [-0.3, -0.25) is 4.79 Å². The van der Waals surface area contributed by atoms with E-state index < -0.39 is 0 Å². The SMILES string of the molecule is CCCNc1ccc(C(=O)NCC2CCCN(C)C2)nn1. The van der Waals surface area contributed by atoms with E-state index in [0.29, 0.717) is 24.0 Å². The van der Waals surface area contributed by atoms with Crippen molar-refractivity contribution in [1.82, 2.24) is 20.4 Å². The molecule has 1 fully saturated rings. The quantitative estimate of drug-likeness (QED) is 0.828. The zero-order valence-electron chi connectivity index (χ0n) is 12.9. The van der Waals surface area contributed by atoms with Crippen LogP contribution in [0.15, 0.2) is 12.1 Å². The highest BCUT2D eigenvalue weighted by Gasteiger charge is 2.18. The van der Waals surface area contributed by atoms with E-state index in [4.69, 9.17) is 0 Å². The Morgan fingerprint density at radius 2 is 2.29 bits per heavy atom. The van der Waals surface area contributed by atoms with Gasteiger partial charge in [-0.25, -0.2) is 0 Å². The van der Waals surface area contributed by atoms with Crippen molar-refractivity contribution >= 4 is 11.7 Å². The van der Waals surface area contributed by atoms with Crippen LogP contribution >= 0.6 is 0 Å². The third kappa shape index (κ3) is 4.97.